The Bertz CT molecular complexity index is 403. The lowest BCUT2D eigenvalue weighted by Crippen LogP contribution is -2.35. The fraction of sp³-hybridized carbons (Fsp3) is 0.643. The third-order valence-electron chi connectivity index (χ3n) is 3.97. The number of anilines is 3. The van der Waals surface area contributed by atoms with Crippen LogP contribution in [-0.4, -0.2) is 11.0 Å². The van der Waals surface area contributed by atoms with Crippen LogP contribution in [0.5, 0.6) is 0 Å². The topological polar surface area (TPSA) is 77.0 Å². The van der Waals surface area contributed by atoms with Gasteiger partial charge in [0.05, 0.1) is 5.69 Å². The van der Waals surface area contributed by atoms with Crippen molar-refractivity contribution in [3.8, 4) is 0 Å². The molecule has 4 nitrogen and oxygen atoms in total. The smallest absolute Gasteiger partial charge is 0.149 e. The molecule has 0 radical (unpaired) electrons. The second-order valence-electron chi connectivity index (χ2n) is 5.61. The number of nitrogen functional groups attached to an aromatic ring is 2. The second kappa shape index (κ2) is 5.46. The molecule has 0 bridgehead atoms. The Hall–Kier alpha value is -1.45. The summed E-state index contributed by atoms with van der Waals surface area (Å²) in [6.45, 7) is 4.60. The number of pyridine rings is 1. The quantitative estimate of drug-likeness (QED) is 0.768. The molecule has 5 N–H and O–H groups in total. The van der Waals surface area contributed by atoms with Gasteiger partial charge in [-0.05, 0) is 36.8 Å². The van der Waals surface area contributed by atoms with Crippen LogP contribution in [0.4, 0.5) is 17.3 Å². The van der Waals surface area contributed by atoms with Crippen LogP contribution in [0.2, 0.25) is 0 Å². The summed E-state index contributed by atoms with van der Waals surface area (Å²) in [5, 5.41) is 3.53. The molecule has 0 amide bonds. The molecule has 2 unspecified atom stereocenters. The molecule has 1 aliphatic rings. The summed E-state index contributed by atoms with van der Waals surface area (Å²) in [4.78, 5) is 4.30. The molecule has 100 valence electrons. The van der Waals surface area contributed by atoms with Gasteiger partial charge < -0.3 is 16.8 Å². The van der Waals surface area contributed by atoms with E-state index in [0.717, 1.165) is 11.7 Å². The number of nitrogens with two attached hydrogens (primary N) is 2. The van der Waals surface area contributed by atoms with E-state index in [9.17, 15) is 0 Å². The van der Waals surface area contributed by atoms with Crippen LogP contribution in [0.3, 0.4) is 0 Å². The lowest BCUT2D eigenvalue weighted by atomic mass is 9.78. The highest BCUT2D eigenvalue weighted by Gasteiger charge is 2.27. The maximum absolute atomic E-state index is 5.74. The Morgan fingerprint density at radius 3 is 2.61 bits per heavy atom. The third kappa shape index (κ3) is 2.86. The van der Waals surface area contributed by atoms with Crippen LogP contribution in [0.15, 0.2) is 12.1 Å². The number of nitrogens with zero attached hydrogens (tertiary/aromatic N) is 1. The second-order valence-corrected chi connectivity index (χ2v) is 5.61. The van der Waals surface area contributed by atoms with E-state index in [1.165, 1.54) is 25.7 Å². The molecule has 0 aliphatic heterocycles. The molecule has 0 spiro atoms. The van der Waals surface area contributed by atoms with Gasteiger partial charge in [-0.25, -0.2) is 4.98 Å². The molecule has 2 atom stereocenters. The van der Waals surface area contributed by atoms with Gasteiger partial charge in [-0.2, -0.15) is 0 Å². The highest BCUT2D eigenvalue weighted by atomic mass is 15.0. The zero-order valence-electron chi connectivity index (χ0n) is 11.3. The summed E-state index contributed by atoms with van der Waals surface area (Å²) in [6, 6.07) is 4.24. The lowest BCUT2D eigenvalue weighted by molar-refractivity contribution is 0.253. The van der Waals surface area contributed by atoms with Gasteiger partial charge in [0.25, 0.3) is 0 Å². The molecule has 4 heteroatoms. The first-order valence-corrected chi connectivity index (χ1v) is 6.86. The first-order valence-electron chi connectivity index (χ1n) is 6.86. The van der Waals surface area contributed by atoms with Gasteiger partial charge in [-0.3, -0.25) is 0 Å². The Kier molecular flexibility index (Phi) is 3.94. The van der Waals surface area contributed by atoms with Gasteiger partial charge in [-0.15, -0.1) is 0 Å². The zero-order chi connectivity index (χ0) is 13.1. The summed E-state index contributed by atoms with van der Waals surface area (Å²) in [7, 11) is 0. The van der Waals surface area contributed by atoms with E-state index in [0.29, 0.717) is 23.5 Å². The van der Waals surface area contributed by atoms with E-state index in [2.05, 4.69) is 24.1 Å². The van der Waals surface area contributed by atoms with Crippen LogP contribution in [0, 0.1) is 11.8 Å². The average Bonchev–Trinajstić information content (AvgIpc) is 2.34. The highest BCUT2D eigenvalue weighted by molar-refractivity contribution is 5.61. The molecule has 1 aromatic heterocycles. The fourth-order valence-corrected chi connectivity index (χ4v) is 2.89. The minimum Gasteiger partial charge on any atom is -0.396 e. The number of rotatable bonds is 3. The van der Waals surface area contributed by atoms with Crippen LogP contribution in [-0.2, 0) is 0 Å². The first kappa shape index (κ1) is 13.0. The Balaban J connectivity index is 2.08. The van der Waals surface area contributed by atoms with Crippen molar-refractivity contribution in [1.29, 1.82) is 0 Å². The predicted molar refractivity (Wildman–Crippen MR) is 77.3 cm³/mol. The maximum atomic E-state index is 5.74. The van der Waals surface area contributed by atoms with Crippen molar-refractivity contribution in [3.63, 3.8) is 0 Å². The van der Waals surface area contributed by atoms with Crippen molar-refractivity contribution < 1.29 is 0 Å². The van der Waals surface area contributed by atoms with Gasteiger partial charge >= 0.3 is 0 Å². The van der Waals surface area contributed by atoms with E-state index >= 15 is 0 Å². The summed E-state index contributed by atoms with van der Waals surface area (Å²) in [6.07, 6.45) is 5.16. The standard InChI is InChI=1S/C14H24N4/c1-9(2)10-5-3-4-6-12(10)17-13-8-7-11(15)14(16)18-13/h7-10,12H,3-6,15H2,1-2H3,(H3,16,17,18). The largest absolute Gasteiger partial charge is 0.396 e. The molecule has 2 rings (SSSR count). The van der Waals surface area contributed by atoms with Crippen molar-refractivity contribution in [2.75, 3.05) is 16.8 Å². The SMILES string of the molecule is CC(C)C1CCCCC1Nc1ccc(N)c(N)n1. The molecule has 1 aromatic rings. The van der Waals surface area contributed by atoms with E-state index in [4.69, 9.17) is 11.5 Å². The number of nitrogens with one attached hydrogen (secondary N) is 1. The minimum atomic E-state index is 0.414. The first-order chi connectivity index (χ1) is 8.58. The molecule has 18 heavy (non-hydrogen) atoms. The van der Waals surface area contributed by atoms with Gasteiger partial charge in [0.2, 0.25) is 0 Å². The van der Waals surface area contributed by atoms with Crippen molar-refractivity contribution >= 4 is 17.3 Å². The highest BCUT2D eigenvalue weighted by Crippen LogP contribution is 2.32. The maximum Gasteiger partial charge on any atom is 0.149 e. The molecule has 1 fully saturated rings. The fourth-order valence-electron chi connectivity index (χ4n) is 2.89. The molecule has 0 aromatic carbocycles. The Morgan fingerprint density at radius 2 is 1.94 bits per heavy atom. The van der Waals surface area contributed by atoms with E-state index in [-0.39, 0.29) is 0 Å². The van der Waals surface area contributed by atoms with Crippen molar-refractivity contribution in [1.82, 2.24) is 4.98 Å². The molecule has 0 saturated heterocycles. The van der Waals surface area contributed by atoms with Gasteiger partial charge in [0, 0.05) is 6.04 Å². The molecule has 1 heterocycles. The van der Waals surface area contributed by atoms with E-state index < -0.39 is 0 Å². The molecular formula is C14H24N4. The zero-order valence-corrected chi connectivity index (χ0v) is 11.3. The Morgan fingerprint density at radius 1 is 1.22 bits per heavy atom. The van der Waals surface area contributed by atoms with Crippen molar-refractivity contribution in [2.24, 2.45) is 11.8 Å². The van der Waals surface area contributed by atoms with Crippen LogP contribution >= 0.6 is 0 Å². The van der Waals surface area contributed by atoms with Gasteiger partial charge in [-0.1, -0.05) is 26.7 Å². The average molecular weight is 248 g/mol. The normalized spacial score (nSPS) is 24.2. The number of aromatic nitrogens is 1. The monoisotopic (exact) mass is 248 g/mol. The minimum absolute atomic E-state index is 0.414. The Labute approximate surface area is 109 Å². The number of hydrogen-bond donors (Lipinski definition) is 3. The third-order valence-corrected chi connectivity index (χ3v) is 3.97. The van der Waals surface area contributed by atoms with Gasteiger partial charge in [0.15, 0.2) is 0 Å². The van der Waals surface area contributed by atoms with Crippen LogP contribution < -0.4 is 16.8 Å². The molecule has 1 aliphatic carbocycles. The summed E-state index contributed by atoms with van der Waals surface area (Å²) in [5.74, 6) is 2.68. The van der Waals surface area contributed by atoms with Crippen LogP contribution in [0.25, 0.3) is 0 Å². The van der Waals surface area contributed by atoms with E-state index in [1.807, 2.05) is 12.1 Å². The summed E-state index contributed by atoms with van der Waals surface area (Å²) >= 11 is 0. The number of hydrogen-bond acceptors (Lipinski definition) is 4. The van der Waals surface area contributed by atoms with Crippen molar-refractivity contribution in [2.45, 2.75) is 45.6 Å². The van der Waals surface area contributed by atoms with Crippen LogP contribution in [0.1, 0.15) is 39.5 Å². The van der Waals surface area contributed by atoms with Gasteiger partial charge in [0.1, 0.15) is 11.6 Å². The molecular weight excluding hydrogens is 224 g/mol. The lowest BCUT2D eigenvalue weighted by Gasteiger charge is -2.35. The van der Waals surface area contributed by atoms with E-state index in [1.54, 1.807) is 0 Å². The van der Waals surface area contributed by atoms with Crippen molar-refractivity contribution in [3.05, 3.63) is 12.1 Å². The summed E-state index contributed by atoms with van der Waals surface area (Å²) in [5.41, 5.74) is 12.0. The molecule has 1 saturated carbocycles. The predicted octanol–water partition coefficient (Wildman–Crippen LogP) is 2.87. The summed E-state index contributed by atoms with van der Waals surface area (Å²) < 4.78 is 0.